The Kier molecular flexibility index (Phi) is 14.5. The van der Waals surface area contributed by atoms with Crippen LogP contribution in [0.15, 0.2) is 76.6 Å². The van der Waals surface area contributed by atoms with Gasteiger partial charge in [0.05, 0.1) is 6.61 Å². The maximum atomic E-state index is 9.55. The zero-order valence-corrected chi connectivity index (χ0v) is 24.1. The minimum atomic E-state index is -1.26. The largest absolute Gasteiger partial charge is 0.478 e. The van der Waals surface area contributed by atoms with Gasteiger partial charge in [0.2, 0.25) is 0 Å². The molecule has 42 heavy (non-hydrogen) atoms. The summed E-state index contributed by atoms with van der Waals surface area (Å²) in [7, 11) is 0. The van der Waals surface area contributed by atoms with Crippen molar-refractivity contribution >= 4 is 35.6 Å². The van der Waals surface area contributed by atoms with Crippen LogP contribution in [0.3, 0.4) is 0 Å². The molecule has 2 heterocycles. The first-order chi connectivity index (χ1) is 20.0. The van der Waals surface area contributed by atoms with E-state index in [9.17, 15) is 24.3 Å². The van der Waals surface area contributed by atoms with E-state index in [1.165, 1.54) is 26.5 Å². The lowest BCUT2D eigenvalue weighted by atomic mass is 9.95. The van der Waals surface area contributed by atoms with Crippen molar-refractivity contribution in [2.75, 3.05) is 39.3 Å². The molecule has 0 amide bonds. The molecule has 11 nitrogen and oxygen atoms in total. The monoisotopic (exact) mass is 600 g/mol. The first-order valence-corrected chi connectivity index (χ1v) is 14.1. The fourth-order valence-electron chi connectivity index (χ4n) is 4.42. The van der Waals surface area contributed by atoms with E-state index in [0.29, 0.717) is 30.3 Å². The predicted molar refractivity (Wildman–Crippen MR) is 157 cm³/mol. The quantitative estimate of drug-likeness (QED) is 0.281. The van der Waals surface area contributed by atoms with Crippen LogP contribution in [-0.4, -0.2) is 98.5 Å². The van der Waals surface area contributed by atoms with Gasteiger partial charge < -0.3 is 25.5 Å². The standard InChI is InChI=1S/C22H28N2OS.2C4H4O4/c1-2-17-7-8-19-20(24-11-9-23(10-12-24)13-14-25)16-18-5-3-4-6-21(18)26-22(19)15-17;2*5-3(6)1-2-4(7)8/h3-8,15,20,25H,2,9-14,16H2,1H3;2*1-2H,(H,5,6)(H,7,8)/b;2*2-1-. The summed E-state index contributed by atoms with van der Waals surface area (Å²) in [6, 6.07) is 16.4. The van der Waals surface area contributed by atoms with Gasteiger partial charge in [0.1, 0.15) is 0 Å². The van der Waals surface area contributed by atoms with Crippen LogP contribution < -0.4 is 0 Å². The van der Waals surface area contributed by atoms with Gasteiger partial charge in [0, 0.05) is 72.9 Å². The lowest BCUT2D eigenvalue weighted by molar-refractivity contribution is -0.134. The van der Waals surface area contributed by atoms with Gasteiger partial charge in [-0.3, -0.25) is 9.80 Å². The maximum Gasteiger partial charge on any atom is 0.328 e. The molecule has 4 rings (SSSR count). The third kappa shape index (κ3) is 11.9. The summed E-state index contributed by atoms with van der Waals surface area (Å²) in [5.74, 6) is -5.03. The van der Waals surface area contributed by atoms with Gasteiger partial charge in [-0.25, -0.2) is 19.2 Å². The van der Waals surface area contributed by atoms with Crippen LogP contribution in [0.25, 0.3) is 0 Å². The molecule has 0 radical (unpaired) electrons. The molecular formula is C30H36N2O9S. The molecule has 2 aromatic rings. The highest BCUT2D eigenvalue weighted by molar-refractivity contribution is 7.99. The summed E-state index contributed by atoms with van der Waals surface area (Å²) in [6.45, 7) is 7.54. The van der Waals surface area contributed by atoms with Gasteiger partial charge in [-0.1, -0.05) is 49.0 Å². The Hall–Kier alpha value is -3.97. The average Bonchev–Trinajstić information content (AvgIpc) is 3.12. The normalized spacial score (nSPS) is 16.7. The van der Waals surface area contributed by atoms with Crippen molar-refractivity contribution in [3.63, 3.8) is 0 Å². The molecule has 1 unspecified atom stereocenters. The summed E-state index contributed by atoms with van der Waals surface area (Å²) >= 11 is 1.94. The molecule has 2 aromatic carbocycles. The van der Waals surface area contributed by atoms with Crippen LogP contribution in [0.1, 0.15) is 29.7 Å². The van der Waals surface area contributed by atoms with Crippen molar-refractivity contribution in [2.45, 2.75) is 35.6 Å². The first kappa shape index (κ1) is 34.2. The molecule has 0 aliphatic carbocycles. The number of hydrogen-bond donors (Lipinski definition) is 5. The molecule has 0 bridgehead atoms. The smallest absolute Gasteiger partial charge is 0.328 e. The maximum absolute atomic E-state index is 9.55. The summed E-state index contributed by atoms with van der Waals surface area (Å²) in [5.41, 5.74) is 4.37. The number of aliphatic hydroxyl groups is 1. The number of carboxylic acid groups (broad SMARTS) is 4. The Morgan fingerprint density at radius 2 is 1.36 bits per heavy atom. The zero-order chi connectivity index (χ0) is 31.1. The number of aliphatic hydroxyl groups excluding tert-OH is 1. The molecule has 2 aliphatic rings. The summed E-state index contributed by atoms with van der Waals surface area (Å²) in [5, 5.41) is 40.4. The van der Waals surface area contributed by atoms with E-state index in [1.54, 1.807) is 0 Å². The molecule has 1 atom stereocenters. The number of carbonyl (C=O) groups is 4. The first-order valence-electron chi connectivity index (χ1n) is 13.3. The van der Waals surface area contributed by atoms with Crippen LogP contribution in [0, 0.1) is 0 Å². The van der Waals surface area contributed by atoms with Crippen molar-refractivity contribution in [3.8, 4) is 0 Å². The van der Waals surface area contributed by atoms with Gasteiger partial charge in [-0.2, -0.15) is 0 Å². The Morgan fingerprint density at radius 1 is 0.810 bits per heavy atom. The number of piperazine rings is 1. The predicted octanol–water partition coefficient (Wildman–Crippen LogP) is 3.03. The number of rotatable bonds is 8. The van der Waals surface area contributed by atoms with Crippen LogP contribution in [0.5, 0.6) is 0 Å². The van der Waals surface area contributed by atoms with E-state index < -0.39 is 23.9 Å². The molecule has 0 spiro atoms. The highest BCUT2D eigenvalue weighted by atomic mass is 32.2. The molecule has 0 aromatic heterocycles. The lowest BCUT2D eigenvalue weighted by Gasteiger charge is -2.39. The van der Waals surface area contributed by atoms with E-state index in [-0.39, 0.29) is 6.61 Å². The van der Waals surface area contributed by atoms with Crippen molar-refractivity contribution in [1.82, 2.24) is 9.80 Å². The second-order valence-electron chi connectivity index (χ2n) is 9.28. The number of benzene rings is 2. The number of aliphatic carboxylic acids is 4. The SMILES string of the molecule is CCc1ccc2c(c1)Sc1ccccc1CC2N1CCN(CCO)CC1.O=C(O)/C=C\C(=O)O.O=C(O)/C=C\C(=O)O. The third-order valence-electron chi connectivity index (χ3n) is 6.45. The minimum absolute atomic E-state index is 0.260. The summed E-state index contributed by atoms with van der Waals surface area (Å²) in [4.78, 5) is 46.1. The number of nitrogens with zero attached hydrogens (tertiary/aromatic N) is 2. The highest BCUT2D eigenvalue weighted by Gasteiger charge is 2.29. The molecule has 1 fully saturated rings. The van der Waals surface area contributed by atoms with E-state index in [2.05, 4.69) is 59.2 Å². The summed E-state index contributed by atoms with van der Waals surface area (Å²) < 4.78 is 0. The van der Waals surface area contributed by atoms with Crippen molar-refractivity contribution in [2.24, 2.45) is 0 Å². The average molecular weight is 601 g/mol. The van der Waals surface area contributed by atoms with Crippen molar-refractivity contribution < 1.29 is 44.7 Å². The third-order valence-corrected chi connectivity index (χ3v) is 7.64. The lowest BCUT2D eigenvalue weighted by Crippen LogP contribution is -2.48. The van der Waals surface area contributed by atoms with Gasteiger partial charge in [-0.15, -0.1) is 0 Å². The number of hydrogen-bond acceptors (Lipinski definition) is 8. The van der Waals surface area contributed by atoms with Crippen molar-refractivity contribution in [1.29, 1.82) is 0 Å². The Bertz CT molecular complexity index is 1220. The number of carboxylic acids is 4. The summed E-state index contributed by atoms with van der Waals surface area (Å²) in [6.07, 6.45) is 4.40. The Morgan fingerprint density at radius 3 is 1.86 bits per heavy atom. The number of β-amino-alcohol motifs (C(OH)–C–C–N with tert-alkyl or cyclic N) is 1. The molecule has 2 aliphatic heterocycles. The Labute approximate surface area is 248 Å². The van der Waals surface area contributed by atoms with E-state index in [0.717, 1.165) is 45.6 Å². The molecule has 5 N–H and O–H groups in total. The highest BCUT2D eigenvalue weighted by Crippen LogP contribution is 2.43. The molecule has 1 saturated heterocycles. The fraction of sp³-hybridized carbons (Fsp3) is 0.333. The van der Waals surface area contributed by atoms with E-state index in [1.807, 2.05) is 11.8 Å². The van der Waals surface area contributed by atoms with Crippen LogP contribution in [-0.2, 0) is 32.0 Å². The van der Waals surface area contributed by atoms with Gasteiger partial charge in [-0.05, 0) is 41.7 Å². The van der Waals surface area contributed by atoms with E-state index >= 15 is 0 Å². The second-order valence-corrected chi connectivity index (χ2v) is 10.4. The molecule has 0 saturated carbocycles. The van der Waals surface area contributed by atoms with E-state index in [4.69, 9.17) is 20.4 Å². The van der Waals surface area contributed by atoms with Crippen molar-refractivity contribution in [3.05, 3.63) is 83.5 Å². The molecular weight excluding hydrogens is 564 g/mol. The zero-order valence-electron chi connectivity index (χ0n) is 23.3. The second kappa shape index (κ2) is 17.8. The molecule has 12 heteroatoms. The van der Waals surface area contributed by atoms with Gasteiger partial charge in [0.25, 0.3) is 0 Å². The van der Waals surface area contributed by atoms with Gasteiger partial charge in [0.15, 0.2) is 0 Å². The molecule has 226 valence electrons. The minimum Gasteiger partial charge on any atom is -0.478 e. The van der Waals surface area contributed by atoms with Crippen LogP contribution in [0.4, 0.5) is 0 Å². The number of fused-ring (bicyclic) bond motifs is 2. The van der Waals surface area contributed by atoms with Crippen LogP contribution >= 0.6 is 11.8 Å². The topological polar surface area (TPSA) is 176 Å². The fourth-order valence-corrected chi connectivity index (χ4v) is 5.62. The Balaban J connectivity index is 0.000000319. The van der Waals surface area contributed by atoms with Crippen LogP contribution in [0.2, 0.25) is 0 Å². The number of aryl methyl sites for hydroxylation is 1. The van der Waals surface area contributed by atoms with Gasteiger partial charge >= 0.3 is 23.9 Å².